The van der Waals surface area contributed by atoms with Crippen LogP contribution >= 0.6 is 0 Å². The Kier molecular flexibility index (Phi) is 4.96. The van der Waals surface area contributed by atoms with E-state index in [2.05, 4.69) is 0 Å². The summed E-state index contributed by atoms with van der Waals surface area (Å²) in [6.45, 7) is -0.443. The SMILES string of the molecule is O=C1[C@H]2[C@H](C[C@H](CO)[C@@]3(O)O[C@H](c4cccc(O)c4)C[C@@H]23)C(=O)N1c1cccc([N+](=O)[O-])c1. The van der Waals surface area contributed by atoms with Crippen LogP contribution in [0.15, 0.2) is 48.5 Å². The molecule has 0 aromatic heterocycles. The molecule has 6 atom stereocenters. The Bertz CT molecular complexity index is 1150. The van der Waals surface area contributed by atoms with Crippen LogP contribution in [0.5, 0.6) is 5.75 Å². The molecule has 2 amide bonds. The minimum Gasteiger partial charge on any atom is -0.508 e. The van der Waals surface area contributed by atoms with Gasteiger partial charge >= 0.3 is 0 Å². The molecule has 0 radical (unpaired) electrons. The molecule has 10 heteroatoms. The van der Waals surface area contributed by atoms with E-state index in [1.807, 2.05) is 0 Å². The van der Waals surface area contributed by atoms with Gasteiger partial charge in [-0.15, -0.1) is 0 Å². The molecule has 3 N–H and O–H groups in total. The molecular weight excluding hydrogens is 432 g/mol. The Morgan fingerprint density at radius 3 is 2.58 bits per heavy atom. The van der Waals surface area contributed by atoms with E-state index in [0.717, 1.165) is 4.90 Å². The van der Waals surface area contributed by atoms with E-state index in [9.17, 15) is 35.0 Å². The smallest absolute Gasteiger partial charge is 0.271 e. The Morgan fingerprint density at radius 2 is 1.88 bits per heavy atom. The quantitative estimate of drug-likeness (QED) is 0.360. The van der Waals surface area contributed by atoms with Gasteiger partial charge in [-0.05, 0) is 36.6 Å². The van der Waals surface area contributed by atoms with E-state index in [4.69, 9.17) is 4.74 Å². The van der Waals surface area contributed by atoms with E-state index in [-0.39, 0.29) is 30.0 Å². The molecule has 2 aromatic carbocycles. The number of anilines is 1. The molecule has 3 fully saturated rings. The number of amides is 2. The summed E-state index contributed by atoms with van der Waals surface area (Å²) in [5.41, 5.74) is 0.459. The second-order valence-corrected chi connectivity index (χ2v) is 8.83. The fourth-order valence-electron chi connectivity index (χ4n) is 5.62. The lowest BCUT2D eigenvalue weighted by atomic mass is 9.64. The van der Waals surface area contributed by atoms with Crippen molar-refractivity contribution in [1.29, 1.82) is 0 Å². The fourth-order valence-corrected chi connectivity index (χ4v) is 5.62. The number of rotatable bonds is 4. The molecule has 2 heterocycles. The van der Waals surface area contributed by atoms with Crippen molar-refractivity contribution in [2.75, 3.05) is 11.5 Å². The van der Waals surface area contributed by atoms with Gasteiger partial charge in [0.2, 0.25) is 11.8 Å². The molecule has 2 aliphatic heterocycles. The largest absolute Gasteiger partial charge is 0.508 e. The second-order valence-electron chi connectivity index (χ2n) is 8.83. The molecule has 0 spiro atoms. The normalized spacial score (nSPS) is 33.2. The average Bonchev–Trinajstić information content (AvgIpc) is 3.27. The Labute approximate surface area is 188 Å². The van der Waals surface area contributed by atoms with Crippen molar-refractivity contribution in [1.82, 2.24) is 0 Å². The number of nitro benzene ring substituents is 1. The number of benzene rings is 2. The molecule has 0 bridgehead atoms. The van der Waals surface area contributed by atoms with E-state index < -0.39 is 58.9 Å². The molecule has 0 unspecified atom stereocenters. The Hall–Kier alpha value is -3.34. The Balaban J connectivity index is 1.52. The highest BCUT2D eigenvalue weighted by molar-refractivity contribution is 6.22. The number of aliphatic hydroxyl groups excluding tert-OH is 1. The van der Waals surface area contributed by atoms with Gasteiger partial charge in [0, 0.05) is 24.0 Å². The van der Waals surface area contributed by atoms with Crippen LogP contribution in [-0.4, -0.2) is 44.5 Å². The Morgan fingerprint density at radius 1 is 1.12 bits per heavy atom. The number of imide groups is 1. The van der Waals surface area contributed by atoms with Crippen LogP contribution in [-0.2, 0) is 14.3 Å². The summed E-state index contributed by atoms with van der Waals surface area (Å²) in [4.78, 5) is 38.3. The highest BCUT2D eigenvalue weighted by atomic mass is 16.6. The van der Waals surface area contributed by atoms with Crippen LogP contribution in [0, 0.1) is 33.8 Å². The number of aromatic hydroxyl groups is 1. The van der Waals surface area contributed by atoms with Gasteiger partial charge in [0.15, 0.2) is 5.79 Å². The van der Waals surface area contributed by atoms with Gasteiger partial charge in [-0.25, -0.2) is 4.90 Å². The first kappa shape index (κ1) is 21.5. The minimum atomic E-state index is -1.83. The first-order chi connectivity index (χ1) is 15.7. The van der Waals surface area contributed by atoms with Crippen molar-refractivity contribution in [3.8, 4) is 5.75 Å². The lowest BCUT2D eigenvalue weighted by molar-refractivity contribution is -0.384. The van der Waals surface area contributed by atoms with E-state index in [1.54, 1.807) is 12.1 Å². The third kappa shape index (κ3) is 3.21. The number of carbonyl (C=O) groups is 2. The number of phenols is 1. The van der Waals surface area contributed by atoms with Crippen molar-refractivity contribution < 1.29 is 34.6 Å². The van der Waals surface area contributed by atoms with Crippen molar-refractivity contribution in [2.45, 2.75) is 24.7 Å². The molecular formula is C23H22N2O8. The summed E-state index contributed by atoms with van der Waals surface area (Å²) in [6.07, 6.45) is -0.397. The van der Waals surface area contributed by atoms with Gasteiger partial charge in [0.05, 0.1) is 35.2 Å². The van der Waals surface area contributed by atoms with Crippen molar-refractivity contribution in [3.63, 3.8) is 0 Å². The summed E-state index contributed by atoms with van der Waals surface area (Å²) < 4.78 is 5.99. The molecule has 3 aliphatic rings. The van der Waals surface area contributed by atoms with Crippen LogP contribution in [0.4, 0.5) is 11.4 Å². The van der Waals surface area contributed by atoms with Gasteiger partial charge in [-0.1, -0.05) is 18.2 Å². The standard InChI is InChI=1S/C23H22N2O8/c26-11-13-8-17-20(18-10-19(33-23(13,18)30)12-3-1-6-16(27)7-12)22(29)24(21(17)28)14-4-2-5-15(9-14)25(31)32/h1-7,9,13,17-20,26-27,30H,8,10-11H2/t13-,17+,18+,19+,20+,23-/m1/s1. The topological polar surface area (TPSA) is 150 Å². The number of phenolic OH excluding ortho intramolecular Hbond substituents is 1. The highest BCUT2D eigenvalue weighted by Gasteiger charge is 2.66. The first-order valence-electron chi connectivity index (χ1n) is 10.7. The van der Waals surface area contributed by atoms with Crippen LogP contribution in [0.3, 0.4) is 0 Å². The maximum Gasteiger partial charge on any atom is 0.271 e. The van der Waals surface area contributed by atoms with Gasteiger partial charge in [-0.3, -0.25) is 19.7 Å². The molecule has 2 saturated heterocycles. The molecule has 1 saturated carbocycles. The summed E-state index contributed by atoms with van der Waals surface area (Å²) in [7, 11) is 0. The molecule has 1 aliphatic carbocycles. The number of nitrogens with zero attached hydrogens (tertiary/aromatic N) is 2. The van der Waals surface area contributed by atoms with Gasteiger partial charge in [-0.2, -0.15) is 0 Å². The molecule has 172 valence electrons. The van der Waals surface area contributed by atoms with Gasteiger partial charge < -0.3 is 20.1 Å². The van der Waals surface area contributed by atoms with Crippen LogP contribution in [0.1, 0.15) is 24.5 Å². The zero-order valence-corrected chi connectivity index (χ0v) is 17.4. The summed E-state index contributed by atoms with van der Waals surface area (Å²) in [5.74, 6) is -6.12. The zero-order chi connectivity index (χ0) is 23.5. The zero-order valence-electron chi connectivity index (χ0n) is 17.4. The number of nitro groups is 1. The average molecular weight is 454 g/mol. The van der Waals surface area contributed by atoms with E-state index in [0.29, 0.717) is 5.56 Å². The fraction of sp³-hybridized carbons (Fsp3) is 0.391. The van der Waals surface area contributed by atoms with Gasteiger partial charge in [0.1, 0.15) is 5.75 Å². The van der Waals surface area contributed by atoms with Crippen molar-refractivity contribution in [3.05, 3.63) is 64.2 Å². The summed E-state index contributed by atoms with van der Waals surface area (Å²) in [5, 5.41) is 42.5. The number of non-ortho nitro benzene ring substituents is 1. The van der Waals surface area contributed by atoms with E-state index >= 15 is 0 Å². The number of hydrogen-bond acceptors (Lipinski definition) is 8. The van der Waals surface area contributed by atoms with Crippen LogP contribution < -0.4 is 4.90 Å². The third-order valence-electron chi connectivity index (χ3n) is 7.12. The maximum absolute atomic E-state index is 13.5. The lowest BCUT2D eigenvalue weighted by Gasteiger charge is -2.44. The second kappa shape index (κ2) is 7.62. The predicted octanol–water partition coefficient (Wildman–Crippen LogP) is 1.88. The van der Waals surface area contributed by atoms with Gasteiger partial charge in [0.25, 0.3) is 5.69 Å². The summed E-state index contributed by atoms with van der Waals surface area (Å²) in [6, 6.07) is 11.7. The maximum atomic E-state index is 13.5. The summed E-state index contributed by atoms with van der Waals surface area (Å²) >= 11 is 0. The first-order valence-corrected chi connectivity index (χ1v) is 10.7. The van der Waals surface area contributed by atoms with Crippen LogP contribution in [0.25, 0.3) is 0 Å². The number of ether oxygens (including phenoxy) is 1. The molecule has 33 heavy (non-hydrogen) atoms. The third-order valence-corrected chi connectivity index (χ3v) is 7.12. The number of aliphatic hydroxyl groups is 2. The lowest BCUT2D eigenvalue weighted by Crippen LogP contribution is -2.54. The van der Waals surface area contributed by atoms with Crippen LogP contribution in [0.2, 0.25) is 0 Å². The van der Waals surface area contributed by atoms with Crippen molar-refractivity contribution >= 4 is 23.2 Å². The monoisotopic (exact) mass is 454 g/mol. The predicted molar refractivity (Wildman–Crippen MR) is 113 cm³/mol. The van der Waals surface area contributed by atoms with Crippen molar-refractivity contribution in [2.24, 2.45) is 23.7 Å². The van der Waals surface area contributed by atoms with E-state index in [1.165, 1.54) is 36.4 Å². The highest BCUT2D eigenvalue weighted by Crippen LogP contribution is 2.58. The molecule has 2 aromatic rings. The molecule has 5 rings (SSSR count). The minimum absolute atomic E-state index is 0.0264. The number of carbonyl (C=O) groups excluding carboxylic acids is 2. The number of hydrogen-bond donors (Lipinski definition) is 3. The molecule has 10 nitrogen and oxygen atoms in total. The number of fused-ring (bicyclic) bond motifs is 3.